The summed E-state index contributed by atoms with van der Waals surface area (Å²) >= 11 is 0. The van der Waals surface area contributed by atoms with Crippen molar-refractivity contribution in [3.63, 3.8) is 0 Å². The van der Waals surface area contributed by atoms with Crippen molar-refractivity contribution in [2.75, 3.05) is 13.1 Å². The second kappa shape index (κ2) is 7.24. The van der Waals surface area contributed by atoms with Crippen LogP contribution in [0.5, 0.6) is 0 Å². The first-order valence-electron chi connectivity index (χ1n) is 9.39. The molecule has 0 amide bonds. The van der Waals surface area contributed by atoms with Crippen LogP contribution in [0.2, 0.25) is 0 Å². The molecule has 1 fully saturated rings. The molecule has 4 rings (SSSR count). The van der Waals surface area contributed by atoms with Crippen LogP contribution < -0.4 is 0 Å². The molecule has 2 aromatic heterocycles. The lowest BCUT2D eigenvalue weighted by Crippen LogP contribution is -2.44. The Morgan fingerprint density at radius 2 is 2.11 bits per heavy atom. The fourth-order valence-corrected chi connectivity index (χ4v) is 3.91. The molecule has 146 valence electrons. The lowest BCUT2D eigenvalue weighted by molar-refractivity contribution is 0.0697. The summed E-state index contributed by atoms with van der Waals surface area (Å²) in [5, 5.41) is 13.3. The molecule has 7 nitrogen and oxygen atoms in total. The normalized spacial score (nSPS) is 20.4. The monoisotopic (exact) mass is 381 g/mol. The highest BCUT2D eigenvalue weighted by Gasteiger charge is 2.37. The van der Waals surface area contributed by atoms with Crippen molar-refractivity contribution in [2.24, 2.45) is 0 Å². The topological polar surface area (TPSA) is 92.6 Å². The van der Waals surface area contributed by atoms with Gasteiger partial charge in [0.1, 0.15) is 11.5 Å². The Bertz CT molecular complexity index is 993. The van der Waals surface area contributed by atoms with E-state index in [0.29, 0.717) is 29.6 Å². The molecule has 3 aromatic rings. The number of carbonyl (C=O) groups is 1. The van der Waals surface area contributed by atoms with Gasteiger partial charge in [-0.1, -0.05) is 23.4 Å². The third-order valence-corrected chi connectivity index (χ3v) is 5.28. The lowest BCUT2D eigenvalue weighted by Gasteiger charge is -2.37. The maximum absolute atomic E-state index is 11.5. The van der Waals surface area contributed by atoms with Gasteiger partial charge in [-0.25, -0.2) is 4.79 Å². The first kappa shape index (κ1) is 18.4. The number of hydrogen-bond donors (Lipinski definition) is 1. The van der Waals surface area contributed by atoms with Gasteiger partial charge in [0.05, 0.1) is 17.5 Å². The molecule has 1 aromatic carbocycles. The minimum atomic E-state index is -0.963. The molecule has 7 heteroatoms. The average Bonchev–Trinajstić information content (AvgIpc) is 3.31. The highest BCUT2D eigenvalue weighted by molar-refractivity contribution is 5.95. The van der Waals surface area contributed by atoms with E-state index in [1.165, 1.54) is 0 Å². The highest BCUT2D eigenvalue weighted by atomic mass is 16.5. The second-order valence-electron chi connectivity index (χ2n) is 7.64. The van der Waals surface area contributed by atoms with Crippen LogP contribution in [0, 0.1) is 6.92 Å². The van der Waals surface area contributed by atoms with E-state index in [4.69, 9.17) is 8.94 Å². The molecule has 1 N–H and O–H groups in total. The molecule has 0 saturated carbocycles. The fourth-order valence-electron chi connectivity index (χ4n) is 3.91. The molecule has 1 aliphatic heterocycles. The Kier molecular flexibility index (Phi) is 4.77. The molecule has 1 saturated heterocycles. The van der Waals surface area contributed by atoms with E-state index in [-0.39, 0.29) is 11.0 Å². The van der Waals surface area contributed by atoms with Crippen molar-refractivity contribution in [1.29, 1.82) is 0 Å². The maximum Gasteiger partial charge on any atom is 0.336 e. The molecule has 1 atom stereocenters. The third-order valence-electron chi connectivity index (χ3n) is 5.28. The van der Waals surface area contributed by atoms with E-state index in [9.17, 15) is 9.90 Å². The van der Waals surface area contributed by atoms with Crippen LogP contribution in [0.25, 0.3) is 11.3 Å². The van der Waals surface area contributed by atoms with E-state index in [2.05, 4.69) is 22.0 Å². The van der Waals surface area contributed by atoms with Gasteiger partial charge in [0.2, 0.25) is 5.89 Å². The number of aryl methyl sites for hydroxylation is 1. The number of piperidine rings is 1. The van der Waals surface area contributed by atoms with Gasteiger partial charge in [0.25, 0.3) is 0 Å². The minimum Gasteiger partial charge on any atom is -0.478 e. The van der Waals surface area contributed by atoms with E-state index in [0.717, 1.165) is 31.7 Å². The van der Waals surface area contributed by atoms with Crippen LogP contribution in [0.15, 0.2) is 45.3 Å². The molecule has 0 spiro atoms. The number of nitrogens with zero attached hydrogens (tertiary/aromatic N) is 3. The first-order chi connectivity index (χ1) is 13.4. The minimum absolute atomic E-state index is 0.176. The van der Waals surface area contributed by atoms with Crippen LogP contribution in [0.3, 0.4) is 0 Å². The lowest BCUT2D eigenvalue weighted by atomic mass is 9.81. The SMILES string of the molecule is Cc1noc([C@]2(C)CCCN(Cc3ccc(-c4ccccc4C(=O)O)o3)C2)n1. The van der Waals surface area contributed by atoms with Crippen molar-refractivity contribution in [3.8, 4) is 11.3 Å². The van der Waals surface area contributed by atoms with Crippen LogP contribution in [-0.4, -0.2) is 39.2 Å². The highest BCUT2D eigenvalue weighted by Crippen LogP contribution is 2.34. The Labute approximate surface area is 163 Å². The van der Waals surface area contributed by atoms with E-state index in [1.54, 1.807) is 18.2 Å². The van der Waals surface area contributed by atoms with Gasteiger partial charge >= 0.3 is 5.97 Å². The Morgan fingerprint density at radius 1 is 1.29 bits per heavy atom. The zero-order valence-electron chi connectivity index (χ0n) is 16.0. The summed E-state index contributed by atoms with van der Waals surface area (Å²) in [7, 11) is 0. The van der Waals surface area contributed by atoms with Crippen LogP contribution in [-0.2, 0) is 12.0 Å². The number of aromatic carboxylic acids is 1. The zero-order valence-corrected chi connectivity index (χ0v) is 16.0. The fraction of sp³-hybridized carbons (Fsp3) is 0.381. The number of furan rings is 1. The van der Waals surface area contributed by atoms with E-state index in [1.807, 2.05) is 25.1 Å². The summed E-state index contributed by atoms with van der Waals surface area (Å²) in [6.07, 6.45) is 2.04. The molecule has 3 heterocycles. The van der Waals surface area contributed by atoms with Gasteiger partial charge in [-0.05, 0) is 51.4 Å². The van der Waals surface area contributed by atoms with E-state index >= 15 is 0 Å². The zero-order chi connectivity index (χ0) is 19.7. The molecule has 28 heavy (non-hydrogen) atoms. The summed E-state index contributed by atoms with van der Waals surface area (Å²) in [5.41, 5.74) is 0.650. The van der Waals surface area contributed by atoms with Crippen LogP contribution >= 0.6 is 0 Å². The number of rotatable bonds is 5. The standard InChI is InChI=1S/C21H23N3O4/c1-14-22-20(28-23-14)21(2)10-5-11-24(13-21)12-15-8-9-18(27-15)16-6-3-4-7-17(16)19(25)26/h3-4,6-9H,5,10-13H2,1-2H3,(H,25,26)/t21-/m1/s1. The van der Waals surface area contributed by atoms with Crippen molar-refractivity contribution >= 4 is 5.97 Å². The Balaban J connectivity index is 1.51. The van der Waals surface area contributed by atoms with Gasteiger partial charge in [-0.3, -0.25) is 4.90 Å². The van der Waals surface area contributed by atoms with Gasteiger partial charge in [0, 0.05) is 12.1 Å². The van der Waals surface area contributed by atoms with E-state index < -0.39 is 5.97 Å². The second-order valence-corrected chi connectivity index (χ2v) is 7.64. The number of aromatic nitrogens is 2. The van der Waals surface area contributed by atoms with Crippen molar-refractivity contribution < 1.29 is 18.8 Å². The predicted molar refractivity (Wildman–Crippen MR) is 102 cm³/mol. The summed E-state index contributed by atoms with van der Waals surface area (Å²) < 4.78 is 11.4. The van der Waals surface area contributed by atoms with Gasteiger partial charge in [-0.2, -0.15) is 4.98 Å². The van der Waals surface area contributed by atoms with Crippen LogP contribution in [0.4, 0.5) is 0 Å². The molecule has 0 unspecified atom stereocenters. The van der Waals surface area contributed by atoms with Crippen molar-refractivity contribution in [3.05, 3.63) is 59.4 Å². The smallest absolute Gasteiger partial charge is 0.336 e. The Morgan fingerprint density at radius 3 is 2.86 bits per heavy atom. The first-order valence-corrected chi connectivity index (χ1v) is 9.39. The molecule has 0 radical (unpaired) electrons. The van der Waals surface area contributed by atoms with Crippen molar-refractivity contribution in [2.45, 2.75) is 38.6 Å². The summed E-state index contributed by atoms with van der Waals surface area (Å²) in [5.74, 6) is 1.75. The number of hydrogen-bond acceptors (Lipinski definition) is 6. The number of benzene rings is 1. The molecule has 0 bridgehead atoms. The van der Waals surface area contributed by atoms with Gasteiger partial charge in [0.15, 0.2) is 5.82 Å². The molecular weight excluding hydrogens is 358 g/mol. The van der Waals surface area contributed by atoms with Crippen molar-refractivity contribution in [1.82, 2.24) is 15.0 Å². The maximum atomic E-state index is 11.5. The largest absolute Gasteiger partial charge is 0.478 e. The molecule has 1 aliphatic rings. The van der Waals surface area contributed by atoms with Gasteiger partial charge < -0.3 is 14.0 Å². The third kappa shape index (κ3) is 3.57. The molecular formula is C21H23N3O4. The Hall–Kier alpha value is -2.93. The summed E-state index contributed by atoms with van der Waals surface area (Å²) in [6.45, 7) is 6.40. The molecule has 0 aliphatic carbocycles. The summed E-state index contributed by atoms with van der Waals surface area (Å²) in [6, 6.07) is 10.6. The van der Waals surface area contributed by atoms with Crippen LogP contribution in [0.1, 0.15) is 47.6 Å². The number of likely N-dealkylation sites (tertiary alicyclic amines) is 1. The summed E-state index contributed by atoms with van der Waals surface area (Å²) in [4.78, 5) is 18.2. The number of carboxylic acid groups (broad SMARTS) is 1. The average molecular weight is 381 g/mol. The van der Waals surface area contributed by atoms with Gasteiger partial charge in [-0.15, -0.1) is 0 Å². The quantitative estimate of drug-likeness (QED) is 0.717. The predicted octanol–water partition coefficient (Wildman–Crippen LogP) is 3.89. The number of carboxylic acids is 1.